The molecule has 0 atom stereocenters. The largest absolute Gasteiger partial charge is 0.338 e. The average molecular weight is 567 g/mol. The smallest absolute Gasteiger partial charge is 0.211 e. The van der Waals surface area contributed by atoms with E-state index in [-0.39, 0.29) is 0 Å². The third-order valence-electron chi connectivity index (χ3n) is 8.23. The Labute approximate surface area is 248 Å². The Hall–Kier alpha value is -4.19. The van der Waals surface area contributed by atoms with E-state index in [1.54, 1.807) is 0 Å². The van der Waals surface area contributed by atoms with Crippen LogP contribution in [-0.2, 0) is 0 Å². The van der Waals surface area contributed by atoms with Gasteiger partial charge in [-0.25, -0.2) is 4.99 Å². The fourth-order valence-corrected chi connectivity index (χ4v) is 8.50. The summed E-state index contributed by atoms with van der Waals surface area (Å²) in [6.07, 6.45) is 4.76. The van der Waals surface area contributed by atoms with Crippen molar-refractivity contribution in [1.29, 1.82) is 0 Å². The van der Waals surface area contributed by atoms with E-state index >= 15 is 0 Å². The van der Waals surface area contributed by atoms with Gasteiger partial charge in [0.15, 0.2) is 5.71 Å². The number of para-hydroxylation sites is 1. The van der Waals surface area contributed by atoms with Gasteiger partial charge in [0.25, 0.3) is 0 Å². The lowest BCUT2D eigenvalue weighted by Crippen LogP contribution is -2.62. The molecule has 0 fully saturated rings. The van der Waals surface area contributed by atoms with Gasteiger partial charge in [0.1, 0.15) is 0 Å². The monoisotopic (exact) mass is 566 g/mol. The number of nitrogens with one attached hydrogen (secondary N) is 1. The summed E-state index contributed by atoms with van der Waals surface area (Å²) >= 11 is 3.70. The van der Waals surface area contributed by atoms with Gasteiger partial charge in [-0.2, -0.15) is 0 Å². The molecule has 3 nitrogen and oxygen atoms in total. The van der Waals surface area contributed by atoms with E-state index in [2.05, 4.69) is 145 Å². The number of benzene rings is 5. The van der Waals surface area contributed by atoms with Crippen molar-refractivity contribution in [3.05, 3.63) is 130 Å². The van der Waals surface area contributed by atoms with Gasteiger partial charge in [-0.1, -0.05) is 96.3 Å². The number of nitrogens with zero attached hydrogens (tertiary/aromatic N) is 2. The first-order valence-electron chi connectivity index (χ1n) is 13.8. The number of hydrogen-bond donors (Lipinski definition) is 1. The Morgan fingerprint density at radius 1 is 0.634 bits per heavy atom. The van der Waals surface area contributed by atoms with Gasteiger partial charge in [-0.3, -0.25) is 0 Å². The second kappa shape index (κ2) is 9.44. The van der Waals surface area contributed by atoms with E-state index in [1.165, 1.54) is 75.2 Å². The molecule has 5 aromatic rings. The van der Waals surface area contributed by atoms with E-state index in [4.69, 9.17) is 0 Å². The number of hydrogen-bond acceptors (Lipinski definition) is 4. The van der Waals surface area contributed by atoms with Gasteiger partial charge >= 0.3 is 0 Å². The third-order valence-corrected chi connectivity index (χ3v) is 10.5. The van der Waals surface area contributed by atoms with Crippen LogP contribution in [0.25, 0.3) is 27.1 Å². The molecule has 0 aliphatic carbocycles. The van der Waals surface area contributed by atoms with E-state index in [9.17, 15) is 0 Å². The summed E-state index contributed by atoms with van der Waals surface area (Å²) in [5, 5.41) is 7.57. The predicted molar refractivity (Wildman–Crippen MR) is 177 cm³/mol. The Kier molecular flexibility index (Phi) is 5.66. The molecule has 5 heteroatoms. The minimum atomic E-state index is 1.16. The molecule has 41 heavy (non-hydrogen) atoms. The highest BCUT2D eigenvalue weighted by molar-refractivity contribution is 8.04. The van der Waals surface area contributed by atoms with Crippen LogP contribution < -0.4 is 14.8 Å². The molecular weight excluding hydrogens is 539 g/mol. The van der Waals surface area contributed by atoms with Gasteiger partial charge in [0, 0.05) is 47.6 Å². The molecule has 3 heterocycles. The fourth-order valence-electron chi connectivity index (χ4n) is 6.26. The molecule has 8 rings (SSSR count). The molecule has 198 valence electrons. The van der Waals surface area contributed by atoms with Crippen LogP contribution >= 0.6 is 23.5 Å². The van der Waals surface area contributed by atoms with Crippen molar-refractivity contribution in [3.8, 4) is 0 Å². The van der Waals surface area contributed by atoms with Gasteiger partial charge in [-0.05, 0) is 46.7 Å². The normalized spacial score (nSPS) is 18.9. The standard InChI is InChI=1S/C36H27N3S2/c1-22-34(28-14-8-9-15-29(28)37-22)25(20-32-38(2)35-26-12-6-4-10-23(26)16-18-30(35)40-32)21-33-39(3)36-27-13-7-5-11-24(27)17-19-31(36)41-33/h4-21H,1-3H3/p+1/b32-20-,33-21?,34-25?. The molecule has 0 saturated carbocycles. The van der Waals surface area contributed by atoms with Crippen molar-refractivity contribution in [2.45, 2.75) is 16.7 Å². The average Bonchev–Trinajstić information content (AvgIpc) is 3.62. The second-order valence-electron chi connectivity index (χ2n) is 10.7. The van der Waals surface area contributed by atoms with Crippen LogP contribution in [0.5, 0.6) is 0 Å². The number of thioether (sulfide) groups is 2. The molecule has 1 N–H and O–H groups in total. The second-order valence-corrected chi connectivity index (χ2v) is 12.8. The van der Waals surface area contributed by atoms with Crippen LogP contribution in [0.15, 0.2) is 135 Å². The maximum absolute atomic E-state index is 3.64. The summed E-state index contributed by atoms with van der Waals surface area (Å²) in [4.78, 5) is 11.0. The Morgan fingerprint density at radius 3 is 1.73 bits per heavy atom. The lowest BCUT2D eigenvalue weighted by atomic mass is 9.97. The Balaban J connectivity index is 1.30. The van der Waals surface area contributed by atoms with Gasteiger partial charge in [0.2, 0.25) is 5.69 Å². The van der Waals surface area contributed by atoms with E-state index in [1.807, 2.05) is 23.5 Å². The summed E-state index contributed by atoms with van der Waals surface area (Å²) in [7, 11) is 4.39. The van der Waals surface area contributed by atoms with E-state index < -0.39 is 0 Å². The topological polar surface area (TPSA) is 20.5 Å². The molecule has 0 saturated heterocycles. The molecule has 0 unspecified atom stereocenters. The zero-order valence-corrected chi connectivity index (χ0v) is 24.7. The number of fused-ring (bicyclic) bond motifs is 7. The first-order chi connectivity index (χ1) is 20.1. The van der Waals surface area contributed by atoms with Crippen molar-refractivity contribution in [1.82, 2.24) is 0 Å². The predicted octanol–water partition coefficient (Wildman–Crippen LogP) is 8.10. The number of anilines is 2. The van der Waals surface area contributed by atoms with Crippen LogP contribution in [0, 0.1) is 0 Å². The fraction of sp³-hybridized carbons (Fsp3) is 0.0833. The SMILES string of the molecule is CC1=[NH+]c2ccccc2C1=C(C=C1Sc2ccc3ccccc3c2N1C)/C=C1\Sc2ccc3ccccc3c2N1C. The van der Waals surface area contributed by atoms with Crippen LogP contribution in [0.3, 0.4) is 0 Å². The highest BCUT2D eigenvalue weighted by Crippen LogP contribution is 2.51. The number of rotatable bonds is 2. The van der Waals surface area contributed by atoms with Crippen molar-refractivity contribution in [2.24, 2.45) is 0 Å². The first kappa shape index (κ1) is 24.6. The summed E-state index contributed by atoms with van der Waals surface area (Å²) in [6, 6.07) is 35.0. The highest BCUT2D eigenvalue weighted by Gasteiger charge is 2.31. The van der Waals surface area contributed by atoms with Crippen LogP contribution in [-0.4, -0.2) is 19.8 Å². The summed E-state index contributed by atoms with van der Waals surface area (Å²) in [5.41, 5.74) is 8.62. The number of allylic oxidation sites excluding steroid dienone is 4. The van der Waals surface area contributed by atoms with Crippen molar-refractivity contribution >= 4 is 73.4 Å². The Bertz CT molecular complexity index is 1940. The molecule has 0 radical (unpaired) electrons. The van der Waals surface area contributed by atoms with Gasteiger partial charge in [-0.15, -0.1) is 0 Å². The molecule has 0 aromatic heterocycles. The first-order valence-corrected chi connectivity index (χ1v) is 15.4. The molecule has 3 aliphatic rings. The molecule has 3 aliphatic heterocycles. The summed E-state index contributed by atoms with van der Waals surface area (Å²) in [6.45, 7) is 2.19. The quantitative estimate of drug-likeness (QED) is 0.233. The summed E-state index contributed by atoms with van der Waals surface area (Å²) < 4.78 is 0. The molecule has 5 aromatic carbocycles. The van der Waals surface area contributed by atoms with E-state index in [0.29, 0.717) is 0 Å². The molecule has 0 bridgehead atoms. The Morgan fingerprint density at radius 2 is 1.15 bits per heavy atom. The minimum absolute atomic E-state index is 1.16. The maximum Gasteiger partial charge on any atom is 0.211 e. The van der Waals surface area contributed by atoms with Crippen LogP contribution in [0.1, 0.15) is 12.5 Å². The zero-order valence-electron chi connectivity index (χ0n) is 23.1. The molecule has 0 amide bonds. The van der Waals surface area contributed by atoms with Gasteiger partial charge < -0.3 is 9.80 Å². The lowest BCUT2D eigenvalue weighted by molar-refractivity contribution is -0.349. The highest BCUT2D eigenvalue weighted by atomic mass is 32.2. The van der Waals surface area contributed by atoms with Crippen LogP contribution in [0.2, 0.25) is 0 Å². The van der Waals surface area contributed by atoms with Crippen molar-refractivity contribution in [3.63, 3.8) is 0 Å². The van der Waals surface area contributed by atoms with E-state index in [0.717, 1.165) is 5.69 Å². The van der Waals surface area contributed by atoms with Crippen LogP contribution in [0.4, 0.5) is 17.1 Å². The van der Waals surface area contributed by atoms with Crippen molar-refractivity contribution < 1.29 is 4.99 Å². The minimum Gasteiger partial charge on any atom is -0.338 e. The summed E-state index contributed by atoms with van der Waals surface area (Å²) in [5.74, 6) is 0. The van der Waals surface area contributed by atoms with Crippen molar-refractivity contribution in [2.75, 3.05) is 23.9 Å². The lowest BCUT2D eigenvalue weighted by Gasteiger charge is -2.18. The molecule has 0 spiro atoms. The van der Waals surface area contributed by atoms with Gasteiger partial charge in [0.05, 0.1) is 32.6 Å². The zero-order chi connectivity index (χ0) is 27.7. The maximum atomic E-state index is 3.64. The third kappa shape index (κ3) is 3.87. The molecular formula is C36H28N3S2+.